The molecule has 2 aliphatic carbocycles. The number of ether oxygens (including phenoxy) is 7. The minimum absolute atomic E-state index is 0.0733. The fourth-order valence-corrected chi connectivity index (χ4v) is 9.46. The highest BCUT2D eigenvalue weighted by Crippen LogP contribution is 2.70. The molecular formula is C48H56O14. The summed E-state index contributed by atoms with van der Waals surface area (Å²) in [6.45, 7) is 11.8. The largest absolute Gasteiger partial charge is 0.464 e. The van der Waals surface area contributed by atoms with Gasteiger partial charge in [-0.3, -0.25) is 14.4 Å². The van der Waals surface area contributed by atoms with E-state index >= 15 is 0 Å². The van der Waals surface area contributed by atoms with Crippen molar-refractivity contribution in [2.75, 3.05) is 6.61 Å². The highest BCUT2D eigenvalue weighted by molar-refractivity contribution is 5.91. The molecule has 62 heavy (non-hydrogen) atoms. The Kier molecular flexibility index (Phi) is 13.3. The maximum absolute atomic E-state index is 14.6. The van der Waals surface area contributed by atoms with Crippen LogP contribution in [-0.2, 0) is 47.5 Å². The highest BCUT2D eigenvalue weighted by atomic mass is 16.7. The van der Waals surface area contributed by atoms with Gasteiger partial charge in [-0.1, -0.05) is 82.3 Å². The lowest BCUT2D eigenvalue weighted by Gasteiger charge is -2.66. The van der Waals surface area contributed by atoms with Crippen molar-refractivity contribution in [3.8, 4) is 0 Å². The molecule has 1 spiro atoms. The Bertz CT molecular complexity index is 2120. The molecule has 1 heterocycles. The molecule has 6 rings (SSSR count). The smallest absolute Gasteiger partial charge is 0.338 e. The van der Waals surface area contributed by atoms with E-state index in [0.29, 0.717) is 12.8 Å². The van der Waals surface area contributed by atoms with Gasteiger partial charge in [0.1, 0.15) is 30.3 Å². The Hall–Kier alpha value is -5.60. The summed E-state index contributed by atoms with van der Waals surface area (Å²) in [4.78, 5) is 84.6. The van der Waals surface area contributed by atoms with E-state index in [1.165, 1.54) is 43.3 Å². The predicted molar refractivity (Wildman–Crippen MR) is 221 cm³/mol. The fourth-order valence-electron chi connectivity index (χ4n) is 9.46. The number of rotatable bonds is 14. The van der Waals surface area contributed by atoms with Crippen molar-refractivity contribution in [3.63, 3.8) is 0 Å². The Morgan fingerprint density at radius 1 is 0.645 bits per heavy atom. The minimum atomic E-state index is -2.39. The van der Waals surface area contributed by atoms with Gasteiger partial charge in [0.05, 0.1) is 45.6 Å². The van der Waals surface area contributed by atoms with Crippen molar-refractivity contribution < 1.29 is 67.0 Å². The van der Waals surface area contributed by atoms with Crippen LogP contribution in [0, 0.1) is 23.2 Å². The summed E-state index contributed by atoms with van der Waals surface area (Å²) >= 11 is 0. The molecule has 0 aromatic heterocycles. The van der Waals surface area contributed by atoms with Gasteiger partial charge in [-0.15, -0.1) is 0 Å². The first-order chi connectivity index (χ1) is 29.3. The molecule has 332 valence electrons. The van der Waals surface area contributed by atoms with Gasteiger partial charge in [-0.05, 0) is 70.0 Å². The van der Waals surface area contributed by atoms with Crippen molar-refractivity contribution in [3.05, 3.63) is 108 Å². The summed E-state index contributed by atoms with van der Waals surface area (Å²) in [7, 11) is 0. The zero-order valence-corrected chi connectivity index (χ0v) is 36.4. The highest BCUT2D eigenvalue weighted by Gasteiger charge is 2.89. The summed E-state index contributed by atoms with van der Waals surface area (Å²) in [5, 5.41) is 13.4. The normalized spacial score (nSPS) is 30.3. The third-order valence-electron chi connectivity index (χ3n) is 12.8. The molecule has 11 atom stereocenters. The van der Waals surface area contributed by atoms with Crippen LogP contribution in [0.25, 0.3) is 0 Å². The molecule has 2 unspecified atom stereocenters. The molecule has 14 nitrogen and oxygen atoms in total. The van der Waals surface area contributed by atoms with Crippen LogP contribution < -0.4 is 0 Å². The van der Waals surface area contributed by atoms with Crippen LogP contribution in [0.2, 0.25) is 0 Å². The number of fused-ring (bicyclic) bond motifs is 1. The zero-order chi connectivity index (χ0) is 45.2. The maximum atomic E-state index is 14.6. The van der Waals surface area contributed by atoms with Gasteiger partial charge in [-0.2, -0.15) is 0 Å². The first-order valence-corrected chi connectivity index (χ1v) is 21.1. The lowest BCUT2D eigenvalue weighted by molar-refractivity contribution is -0.361. The third kappa shape index (κ3) is 8.22. The molecule has 14 heteroatoms. The number of hydrogen-bond acceptors (Lipinski definition) is 14. The van der Waals surface area contributed by atoms with E-state index in [9.17, 15) is 33.9 Å². The van der Waals surface area contributed by atoms with Crippen molar-refractivity contribution in [1.29, 1.82) is 0 Å². The lowest BCUT2D eigenvalue weighted by atomic mass is 9.45. The summed E-state index contributed by atoms with van der Waals surface area (Å²) in [6.07, 6.45) is -8.21. The maximum Gasteiger partial charge on any atom is 0.338 e. The van der Waals surface area contributed by atoms with E-state index < -0.39 is 119 Å². The molecule has 0 amide bonds. The summed E-state index contributed by atoms with van der Waals surface area (Å²) in [6, 6.07) is 24.0. The summed E-state index contributed by atoms with van der Waals surface area (Å²) in [5.74, 6) is -7.56. The summed E-state index contributed by atoms with van der Waals surface area (Å²) in [5.41, 5.74) is -8.19. The number of esters is 6. The van der Waals surface area contributed by atoms with Crippen molar-refractivity contribution in [2.45, 2.75) is 122 Å². The second-order valence-corrected chi connectivity index (χ2v) is 17.3. The molecule has 2 saturated carbocycles. The topological polar surface area (TPSA) is 187 Å². The van der Waals surface area contributed by atoms with Gasteiger partial charge in [0.2, 0.25) is 0 Å². The van der Waals surface area contributed by atoms with Crippen molar-refractivity contribution in [1.82, 2.24) is 0 Å². The van der Waals surface area contributed by atoms with Gasteiger partial charge in [0.15, 0.2) is 17.8 Å². The van der Waals surface area contributed by atoms with E-state index in [2.05, 4.69) is 0 Å². The molecule has 3 aliphatic rings. The first kappa shape index (κ1) is 45.9. The molecule has 3 aromatic carbocycles. The van der Waals surface area contributed by atoms with E-state index in [1.54, 1.807) is 96.1 Å². The monoisotopic (exact) mass is 856 g/mol. The van der Waals surface area contributed by atoms with Crippen LogP contribution in [-0.4, -0.2) is 94.9 Å². The van der Waals surface area contributed by atoms with Gasteiger partial charge in [0.25, 0.3) is 0 Å². The number of carbonyl (C=O) groups is 6. The lowest BCUT2D eigenvalue weighted by Crippen LogP contribution is -2.85. The standard InChI is InChI=1S/C48H56O14/c1-9-28(3)40(50)56-27-47-37(57-30(5)49)34(58-42(52)31-20-14-11-15-21-31)26-46(8,55)48(47)38(60-43(53)32-22-16-12-17-23-32)35(45(6,7)62-48)36(59-41(51)29(4)10-2)39(47)61-44(54)33-24-18-13-19-25-33/h11-25,28-29,34-39,55H,9-10,26-27H2,1-8H3/t28?,29?,34-,35+,36-,37-,38+,39+,46-,47-,48-/m0/s1. The van der Waals surface area contributed by atoms with E-state index in [-0.39, 0.29) is 16.7 Å². The van der Waals surface area contributed by atoms with Crippen LogP contribution in [0.4, 0.5) is 0 Å². The van der Waals surface area contributed by atoms with Crippen LogP contribution in [0.3, 0.4) is 0 Å². The van der Waals surface area contributed by atoms with Crippen LogP contribution in [0.1, 0.15) is 106 Å². The zero-order valence-electron chi connectivity index (χ0n) is 36.4. The minimum Gasteiger partial charge on any atom is -0.464 e. The Morgan fingerprint density at radius 3 is 1.56 bits per heavy atom. The molecule has 1 N–H and O–H groups in total. The molecule has 3 aromatic rings. The van der Waals surface area contributed by atoms with Crippen LogP contribution in [0.15, 0.2) is 91.0 Å². The van der Waals surface area contributed by atoms with Gasteiger partial charge in [-0.25, -0.2) is 14.4 Å². The van der Waals surface area contributed by atoms with Gasteiger partial charge < -0.3 is 38.3 Å². The second kappa shape index (κ2) is 18.0. The summed E-state index contributed by atoms with van der Waals surface area (Å²) < 4.78 is 45.4. The SMILES string of the molecule is CCC(C)C(=O)OC[C@]12[C@H](OC(=O)c3ccccc3)[C@@H](OC(=O)C(C)CC)[C@@H]3[C@@H](OC(=O)c4ccccc4)[C@]1(OC3(C)C)[C@@](C)(O)C[C@H](OC(=O)c1ccccc1)[C@@H]2OC(C)=O. The average molecular weight is 857 g/mol. The fraction of sp³-hybridized carbons (Fsp3) is 0.500. The number of benzene rings is 3. The van der Waals surface area contributed by atoms with Gasteiger partial charge >= 0.3 is 35.8 Å². The average Bonchev–Trinajstić information content (AvgIpc) is 3.46. The molecule has 3 fully saturated rings. The van der Waals surface area contributed by atoms with E-state index in [4.69, 9.17) is 33.2 Å². The molecule has 1 aliphatic heterocycles. The third-order valence-corrected chi connectivity index (χ3v) is 12.8. The molecule has 2 bridgehead atoms. The van der Waals surface area contributed by atoms with Crippen LogP contribution in [0.5, 0.6) is 0 Å². The van der Waals surface area contributed by atoms with E-state index in [0.717, 1.165) is 6.92 Å². The van der Waals surface area contributed by atoms with Crippen molar-refractivity contribution >= 4 is 35.8 Å². The molecule has 1 saturated heterocycles. The van der Waals surface area contributed by atoms with Crippen LogP contribution >= 0.6 is 0 Å². The second-order valence-electron chi connectivity index (χ2n) is 17.3. The Labute approximate surface area is 361 Å². The molecular weight excluding hydrogens is 801 g/mol. The number of aliphatic hydroxyl groups is 1. The molecule has 0 radical (unpaired) electrons. The quantitative estimate of drug-likeness (QED) is 0.137. The Balaban J connectivity index is 1.72. The Morgan fingerprint density at radius 2 is 1.10 bits per heavy atom. The van der Waals surface area contributed by atoms with Crippen molar-refractivity contribution in [2.24, 2.45) is 23.2 Å². The first-order valence-electron chi connectivity index (χ1n) is 21.1. The van der Waals surface area contributed by atoms with Gasteiger partial charge in [0, 0.05) is 13.3 Å². The number of carbonyl (C=O) groups excluding carboxylic acids is 6. The van der Waals surface area contributed by atoms with E-state index in [1.807, 2.05) is 0 Å². The number of hydrogen-bond donors (Lipinski definition) is 1. The predicted octanol–water partition coefficient (Wildman–Crippen LogP) is 6.46.